The average Bonchev–Trinajstić information content (AvgIpc) is 3.39. The number of rotatable bonds is 5. The van der Waals surface area contributed by atoms with E-state index in [1.807, 2.05) is 27.0 Å². The third-order valence-corrected chi connectivity index (χ3v) is 7.61. The number of H-pyrrole nitrogens is 1. The maximum atomic E-state index is 15.8. The Morgan fingerprint density at radius 2 is 1.83 bits per heavy atom. The zero-order valence-corrected chi connectivity index (χ0v) is 24.7. The lowest BCUT2D eigenvalue weighted by Gasteiger charge is -2.32. The highest BCUT2D eigenvalue weighted by Crippen LogP contribution is 2.41. The Morgan fingerprint density at radius 1 is 1.12 bits per heavy atom. The normalized spacial score (nSPS) is 18.8. The van der Waals surface area contributed by atoms with Crippen LogP contribution in [0, 0.1) is 17.6 Å². The van der Waals surface area contributed by atoms with Crippen LogP contribution >= 0.6 is 0 Å². The fourth-order valence-corrected chi connectivity index (χ4v) is 5.37. The lowest BCUT2D eigenvalue weighted by Crippen LogP contribution is -2.44. The van der Waals surface area contributed by atoms with Crippen molar-refractivity contribution in [1.82, 2.24) is 20.1 Å². The van der Waals surface area contributed by atoms with Gasteiger partial charge in [-0.25, -0.2) is 17.6 Å². The van der Waals surface area contributed by atoms with Crippen LogP contribution in [0.1, 0.15) is 54.2 Å². The van der Waals surface area contributed by atoms with Gasteiger partial charge in [0.1, 0.15) is 17.8 Å². The summed E-state index contributed by atoms with van der Waals surface area (Å²) < 4.78 is 60.5. The number of amides is 1. The Hall–Kier alpha value is -3.50. The first kappa shape index (κ1) is 31.4. The van der Waals surface area contributed by atoms with E-state index >= 15 is 8.78 Å². The van der Waals surface area contributed by atoms with Gasteiger partial charge in [-0.15, -0.1) is 0 Å². The Morgan fingerprint density at radius 3 is 2.43 bits per heavy atom. The van der Waals surface area contributed by atoms with Gasteiger partial charge in [0, 0.05) is 49.6 Å². The summed E-state index contributed by atoms with van der Waals surface area (Å²) in [5.41, 5.74) is 2.19. The number of fused-ring (bicyclic) bond motifs is 1. The molecule has 0 saturated carbocycles. The van der Waals surface area contributed by atoms with Gasteiger partial charge in [-0.3, -0.25) is 4.79 Å². The number of hydrogen-bond acceptors (Lipinski definition) is 4. The SMILES string of the molecule is CC(C)C=O.CN1CCC=C(c2cc(-c3ccc(C4CCNCC4(F)F)cc3F)c3cc(C(=O)N(C)C)[nH]c3c2F)C1. The number of halogens is 4. The second-order valence-electron chi connectivity index (χ2n) is 11.6. The standard InChI is InChI=1S/C28H30F4N4O.C4H8O/c1-35(2)27(37)24-13-21-20(12-19(25(30)26(21)34-24)17-5-4-10-36(3)14-17)18-7-6-16(11-23(18)29)22-8-9-33-15-28(22,31)32;1-4(2)3-5/h5-7,11-13,22,33-34H,4,8-10,14-15H2,1-3H3;3-4H,1-2H3. The Bertz CT molecular complexity index is 1500. The molecule has 1 amide bonds. The van der Waals surface area contributed by atoms with E-state index in [1.165, 1.54) is 29.2 Å². The van der Waals surface area contributed by atoms with Crippen LogP contribution in [-0.4, -0.2) is 80.2 Å². The largest absolute Gasteiger partial charge is 0.348 e. The van der Waals surface area contributed by atoms with E-state index in [2.05, 4.69) is 15.2 Å². The van der Waals surface area contributed by atoms with Crippen LogP contribution in [0.25, 0.3) is 27.6 Å². The number of nitrogens with one attached hydrogen (secondary N) is 2. The fourth-order valence-electron chi connectivity index (χ4n) is 5.37. The van der Waals surface area contributed by atoms with Crippen LogP contribution in [-0.2, 0) is 4.79 Å². The molecule has 10 heteroatoms. The van der Waals surface area contributed by atoms with Gasteiger partial charge in [0.15, 0.2) is 5.82 Å². The van der Waals surface area contributed by atoms with Crippen LogP contribution in [0.2, 0.25) is 0 Å². The van der Waals surface area contributed by atoms with Crippen molar-refractivity contribution in [2.75, 3.05) is 47.3 Å². The number of carbonyl (C=O) groups is 2. The number of alkyl halides is 2. The number of aldehydes is 1. The van der Waals surface area contributed by atoms with Gasteiger partial charge in [0.2, 0.25) is 0 Å². The van der Waals surface area contributed by atoms with Crippen molar-refractivity contribution in [1.29, 1.82) is 0 Å². The summed E-state index contributed by atoms with van der Waals surface area (Å²) in [7, 11) is 5.13. The summed E-state index contributed by atoms with van der Waals surface area (Å²) in [4.78, 5) is 28.5. The minimum Gasteiger partial charge on any atom is -0.348 e. The van der Waals surface area contributed by atoms with E-state index in [1.54, 1.807) is 20.2 Å². The van der Waals surface area contributed by atoms with Crippen LogP contribution in [0.4, 0.5) is 17.6 Å². The number of benzene rings is 2. The van der Waals surface area contributed by atoms with Crippen LogP contribution in [0.15, 0.2) is 36.4 Å². The molecular weight excluding hydrogens is 548 g/mol. The number of aromatic amines is 1. The third kappa shape index (κ3) is 6.60. The summed E-state index contributed by atoms with van der Waals surface area (Å²) in [6.45, 7) is 5.07. The minimum atomic E-state index is -2.98. The number of hydrogen-bond donors (Lipinski definition) is 2. The number of likely N-dealkylation sites (N-methyl/N-ethyl adjacent to an activating group) is 1. The second-order valence-corrected chi connectivity index (χ2v) is 11.6. The molecule has 0 radical (unpaired) electrons. The molecule has 2 N–H and O–H groups in total. The highest BCUT2D eigenvalue weighted by molar-refractivity contribution is 6.04. The lowest BCUT2D eigenvalue weighted by molar-refractivity contribution is -0.110. The predicted octanol–water partition coefficient (Wildman–Crippen LogP) is 6.09. The summed E-state index contributed by atoms with van der Waals surface area (Å²) in [6, 6.07) is 7.32. The Balaban J connectivity index is 0.000000748. The van der Waals surface area contributed by atoms with Gasteiger partial charge in [0.25, 0.3) is 11.8 Å². The summed E-state index contributed by atoms with van der Waals surface area (Å²) in [6.07, 6.45) is 3.84. The number of carbonyl (C=O) groups excluding carboxylic acids is 2. The van der Waals surface area contributed by atoms with Crippen molar-refractivity contribution < 1.29 is 27.2 Å². The van der Waals surface area contributed by atoms with E-state index < -0.39 is 30.0 Å². The smallest absolute Gasteiger partial charge is 0.269 e. The molecule has 226 valence electrons. The molecule has 0 spiro atoms. The molecule has 42 heavy (non-hydrogen) atoms. The van der Waals surface area contributed by atoms with Crippen LogP contribution in [0.3, 0.4) is 0 Å². The molecular formula is C32H38F4N4O2. The molecule has 0 bridgehead atoms. The quantitative estimate of drug-likeness (QED) is 0.281. The third-order valence-electron chi connectivity index (χ3n) is 7.61. The van der Waals surface area contributed by atoms with Gasteiger partial charge in [-0.1, -0.05) is 32.1 Å². The summed E-state index contributed by atoms with van der Waals surface area (Å²) >= 11 is 0. The van der Waals surface area contributed by atoms with Crippen molar-refractivity contribution >= 4 is 28.7 Å². The number of nitrogens with zero attached hydrogens (tertiary/aromatic N) is 2. The molecule has 6 nitrogen and oxygen atoms in total. The van der Waals surface area contributed by atoms with Crippen LogP contribution in [0.5, 0.6) is 0 Å². The molecule has 1 aromatic heterocycles. The first-order valence-electron chi connectivity index (χ1n) is 14.1. The first-order chi connectivity index (χ1) is 19.8. The molecule has 3 heterocycles. The van der Waals surface area contributed by atoms with E-state index in [9.17, 15) is 18.4 Å². The Kier molecular flexibility index (Phi) is 9.57. The first-order valence-corrected chi connectivity index (χ1v) is 14.1. The predicted molar refractivity (Wildman–Crippen MR) is 158 cm³/mol. The molecule has 2 aliphatic rings. The van der Waals surface area contributed by atoms with Crippen molar-refractivity contribution in [3.05, 3.63) is 64.9 Å². The van der Waals surface area contributed by atoms with Crippen molar-refractivity contribution in [2.24, 2.45) is 5.92 Å². The zero-order valence-electron chi connectivity index (χ0n) is 24.7. The van der Waals surface area contributed by atoms with Crippen molar-refractivity contribution in [3.63, 3.8) is 0 Å². The molecule has 2 aliphatic heterocycles. The topological polar surface area (TPSA) is 68.4 Å². The maximum Gasteiger partial charge on any atom is 0.269 e. The van der Waals surface area contributed by atoms with Gasteiger partial charge in [-0.05, 0) is 61.3 Å². The number of piperidine rings is 1. The molecule has 1 atom stereocenters. The minimum absolute atomic E-state index is 0.111. The summed E-state index contributed by atoms with van der Waals surface area (Å²) in [5, 5.41) is 3.05. The van der Waals surface area contributed by atoms with Gasteiger partial charge >= 0.3 is 0 Å². The van der Waals surface area contributed by atoms with Crippen molar-refractivity contribution in [3.8, 4) is 11.1 Å². The molecule has 3 aromatic rings. The second kappa shape index (κ2) is 12.8. The molecule has 1 fully saturated rings. The Labute approximate surface area is 243 Å². The van der Waals surface area contributed by atoms with Gasteiger partial charge in [-0.2, -0.15) is 0 Å². The van der Waals surface area contributed by atoms with E-state index in [-0.39, 0.29) is 40.6 Å². The van der Waals surface area contributed by atoms with E-state index in [0.29, 0.717) is 29.6 Å². The average molecular weight is 587 g/mol. The monoisotopic (exact) mass is 586 g/mol. The fraction of sp³-hybridized carbons (Fsp3) is 0.438. The van der Waals surface area contributed by atoms with E-state index in [4.69, 9.17) is 0 Å². The summed E-state index contributed by atoms with van der Waals surface area (Å²) in [5.74, 6) is -5.38. The highest BCUT2D eigenvalue weighted by Gasteiger charge is 2.42. The molecule has 0 aliphatic carbocycles. The van der Waals surface area contributed by atoms with Crippen molar-refractivity contribution in [2.45, 2.75) is 38.5 Å². The number of aromatic nitrogens is 1. The molecule has 2 aromatic carbocycles. The highest BCUT2D eigenvalue weighted by atomic mass is 19.3. The van der Waals surface area contributed by atoms with Gasteiger partial charge in [0.05, 0.1) is 18.0 Å². The van der Waals surface area contributed by atoms with Crippen LogP contribution < -0.4 is 5.32 Å². The zero-order chi connectivity index (χ0) is 30.8. The van der Waals surface area contributed by atoms with E-state index in [0.717, 1.165) is 24.8 Å². The lowest BCUT2D eigenvalue weighted by atomic mass is 9.85. The molecule has 1 unspecified atom stereocenters. The molecule has 1 saturated heterocycles. The molecule has 5 rings (SSSR count). The van der Waals surface area contributed by atoms with Gasteiger partial charge < -0.3 is 24.9 Å². The maximum absolute atomic E-state index is 15.8.